The average molecular weight is 333 g/mol. The largest absolute Gasteiger partial charge is 0.372 e. The van der Waals surface area contributed by atoms with Gasteiger partial charge in [0.2, 0.25) is 0 Å². The second-order valence-corrected chi connectivity index (χ2v) is 7.45. The van der Waals surface area contributed by atoms with Crippen molar-refractivity contribution in [2.24, 2.45) is 0 Å². The standard InChI is InChI=1S/C13H21ClN4O2S/c1-9-5-4-6-10(2)18(9)17-21(19,20)11-7-12(14)13(15-3)16-8-11/h7-10,17H,4-6H2,1-3H3,(H,15,16). The molecule has 2 heterocycles. The molecule has 2 atom stereocenters. The topological polar surface area (TPSA) is 74.3 Å². The van der Waals surface area contributed by atoms with Crippen LogP contribution in [0.1, 0.15) is 33.1 Å². The Kier molecular flexibility index (Phi) is 5.08. The number of hydrogen-bond donors (Lipinski definition) is 2. The zero-order valence-electron chi connectivity index (χ0n) is 12.4. The molecular weight excluding hydrogens is 312 g/mol. The molecular formula is C13H21ClN4O2S. The molecule has 1 aliphatic rings. The van der Waals surface area contributed by atoms with Crippen molar-refractivity contribution in [1.29, 1.82) is 0 Å². The second-order valence-electron chi connectivity index (χ2n) is 5.38. The number of rotatable bonds is 4. The van der Waals surface area contributed by atoms with Gasteiger partial charge in [-0.2, -0.15) is 0 Å². The number of anilines is 1. The molecule has 1 saturated heterocycles. The molecule has 0 saturated carbocycles. The van der Waals surface area contributed by atoms with Crippen molar-refractivity contribution in [3.05, 3.63) is 17.3 Å². The van der Waals surface area contributed by atoms with Gasteiger partial charge in [0.05, 0.1) is 5.02 Å². The van der Waals surface area contributed by atoms with E-state index in [0.29, 0.717) is 5.82 Å². The van der Waals surface area contributed by atoms with E-state index >= 15 is 0 Å². The first-order chi connectivity index (χ1) is 9.85. The van der Waals surface area contributed by atoms with E-state index in [4.69, 9.17) is 11.6 Å². The first-order valence-corrected chi connectivity index (χ1v) is 8.85. The van der Waals surface area contributed by atoms with Gasteiger partial charge in [-0.1, -0.05) is 18.0 Å². The van der Waals surface area contributed by atoms with E-state index in [1.165, 1.54) is 12.3 Å². The molecule has 0 aliphatic carbocycles. The second kappa shape index (κ2) is 6.48. The monoisotopic (exact) mass is 332 g/mol. The van der Waals surface area contributed by atoms with Crippen LogP contribution in [0.4, 0.5) is 5.82 Å². The predicted octanol–water partition coefficient (Wildman–Crippen LogP) is 2.23. The summed E-state index contributed by atoms with van der Waals surface area (Å²) >= 11 is 6.00. The molecule has 2 N–H and O–H groups in total. The first kappa shape index (κ1) is 16.5. The van der Waals surface area contributed by atoms with Crippen LogP contribution < -0.4 is 10.1 Å². The number of hydrogen-bond acceptors (Lipinski definition) is 5. The van der Waals surface area contributed by atoms with Crippen molar-refractivity contribution in [3.8, 4) is 0 Å². The number of pyridine rings is 1. The third-order valence-corrected chi connectivity index (χ3v) is 5.37. The Bertz CT molecular complexity index is 598. The Morgan fingerprint density at radius 2 is 1.95 bits per heavy atom. The summed E-state index contributed by atoms with van der Waals surface area (Å²) in [6.45, 7) is 4.04. The average Bonchev–Trinajstić information content (AvgIpc) is 2.43. The van der Waals surface area contributed by atoms with E-state index in [1.807, 2.05) is 13.8 Å². The first-order valence-electron chi connectivity index (χ1n) is 6.99. The third-order valence-electron chi connectivity index (χ3n) is 3.78. The number of piperidine rings is 1. The smallest absolute Gasteiger partial charge is 0.255 e. The van der Waals surface area contributed by atoms with Gasteiger partial charge in [0.25, 0.3) is 10.0 Å². The minimum Gasteiger partial charge on any atom is -0.372 e. The van der Waals surface area contributed by atoms with Crippen molar-refractivity contribution >= 4 is 27.4 Å². The highest BCUT2D eigenvalue weighted by Gasteiger charge is 2.29. The minimum atomic E-state index is -3.67. The van der Waals surface area contributed by atoms with E-state index in [2.05, 4.69) is 15.1 Å². The molecule has 6 nitrogen and oxygen atoms in total. The zero-order chi connectivity index (χ0) is 15.6. The van der Waals surface area contributed by atoms with E-state index in [-0.39, 0.29) is 22.0 Å². The van der Waals surface area contributed by atoms with Gasteiger partial charge in [0, 0.05) is 25.3 Å². The molecule has 2 unspecified atom stereocenters. The highest BCUT2D eigenvalue weighted by Crippen LogP contribution is 2.24. The Balaban J connectivity index is 2.23. The lowest BCUT2D eigenvalue weighted by Crippen LogP contribution is -2.53. The highest BCUT2D eigenvalue weighted by atomic mass is 35.5. The Morgan fingerprint density at radius 3 is 2.48 bits per heavy atom. The molecule has 8 heteroatoms. The van der Waals surface area contributed by atoms with E-state index in [9.17, 15) is 8.42 Å². The molecule has 0 bridgehead atoms. The lowest BCUT2D eigenvalue weighted by molar-refractivity contribution is 0.0790. The Hall–Kier alpha value is -0.890. The predicted molar refractivity (Wildman–Crippen MR) is 83.7 cm³/mol. The summed E-state index contributed by atoms with van der Waals surface area (Å²) in [6.07, 6.45) is 4.37. The molecule has 1 aromatic heterocycles. The van der Waals surface area contributed by atoms with Gasteiger partial charge < -0.3 is 5.32 Å². The fraction of sp³-hybridized carbons (Fsp3) is 0.615. The molecule has 1 aromatic rings. The molecule has 118 valence electrons. The number of nitrogens with zero attached hydrogens (tertiary/aromatic N) is 2. The van der Waals surface area contributed by atoms with Crippen LogP contribution in [-0.4, -0.2) is 37.5 Å². The Morgan fingerprint density at radius 1 is 1.33 bits per heavy atom. The van der Waals surface area contributed by atoms with E-state index in [1.54, 1.807) is 12.1 Å². The summed E-state index contributed by atoms with van der Waals surface area (Å²) < 4.78 is 24.9. The van der Waals surface area contributed by atoms with Crippen LogP contribution >= 0.6 is 11.6 Å². The lowest BCUT2D eigenvalue weighted by atomic mass is 10.0. The third kappa shape index (κ3) is 3.66. The Labute approximate surface area is 130 Å². The molecule has 2 rings (SSSR count). The molecule has 0 radical (unpaired) electrons. The maximum atomic E-state index is 12.5. The molecule has 21 heavy (non-hydrogen) atoms. The minimum absolute atomic E-state index is 0.0662. The number of aromatic nitrogens is 1. The van der Waals surface area contributed by atoms with Gasteiger partial charge in [-0.05, 0) is 32.8 Å². The molecule has 1 fully saturated rings. The van der Waals surface area contributed by atoms with Gasteiger partial charge in [0.15, 0.2) is 0 Å². The van der Waals surface area contributed by atoms with Crippen LogP contribution in [0.3, 0.4) is 0 Å². The van der Waals surface area contributed by atoms with Crippen LogP contribution in [0.2, 0.25) is 5.02 Å². The SMILES string of the molecule is CNc1ncc(S(=O)(=O)NN2C(C)CCCC2C)cc1Cl. The van der Waals surface area contributed by atoms with Gasteiger partial charge in [-0.3, -0.25) is 0 Å². The molecule has 0 aromatic carbocycles. The molecule has 0 amide bonds. The van der Waals surface area contributed by atoms with Gasteiger partial charge in [-0.15, -0.1) is 4.83 Å². The number of sulfonamides is 1. The highest BCUT2D eigenvalue weighted by molar-refractivity contribution is 7.89. The lowest BCUT2D eigenvalue weighted by Gasteiger charge is -2.38. The fourth-order valence-corrected chi connectivity index (χ4v) is 4.08. The van der Waals surface area contributed by atoms with Gasteiger partial charge in [-0.25, -0.2) is 18.4 Å². The van der Waals surface area contributed by atoms with Crippen LogP contribution in [0, 0.1) is 0 Å². The summed E-state index contributed by atoms with van der Waals surface area (Å²) in [6, 6.07) is 1.74. The van der Waals surface area contributed by atoms with E-state index < -0.39 is 10.0 Å². The van der Waals surface area contributed by atoms with Crippen LogP contribution in [0.15, 0.2) is 17.2 Å². The van der Waals surface area contributed by atoms with Crippen LogP contribution in [0.25, 0.3) is 0 Å². The molecule has 0 spiro atoms. The zero-order valence-corrected chi connectivity index (χ0v) is 14.0. The maximum absolute atomic E-state index is 12.5. The van der Waals surface area contributed by atoms with Gasteiger partial charge in [0.1, 0.15) is 10.7 Å². The summed E-state index contributed by atoms with van der Waals surface area (Å²) in [5, 5.41) is 4.88. The van der Waals surface area contributed by atoms with Gasteiger partial charge >= 0.3 is 0 Å². The van der Waals surface area contributed by atoms with Crippen molar-refractivity contribution in [1.82, 2.24) is 14.8 Å². The van der Waals surface area contributed by atoms with Crippen LogP contribution in [0.5, 0.6) is 0 Å². The van der Waals surface area contributed by atoms with Crippen LogP contribution in [-0.2, 0) is 10.0 Å². The summed E-state index contributed by atoms with van der Waals surface area (Å²) in [4.78, 5) is 6.74. The fourth-order valence-electron chi connectivity index (χ4n) is 2.54. The number of hydrazine groups is 1. The summed E-state index contributed by atoms with van der Waals surface area (Å²) in [7, 11) is -1.99. The van der Waals surface area contributed by atoms with Crippen molar-refractivity contribution in [2.75, 3.05) is 12.4 Å². The summed E-state index contributed by atoms with van der Waals surface area (Å²) in [5.74, 6) is 0.454. The maximum Gasteiger partial charge on any atom is 0.255 e. The molecule has 1 aliphatic heterocycles. The van der Waals surface area contributed by atoms with Crippen molar-refractivity contribution in [2.45, 2.75) is 50.1 Å². The number of halogens is 1. The van der Waals surface area contributed by atoms with Crippen molar-refractivity contribution < 1.29 is 8.42 Å². The summed E-state index contributed by atoms with van der Waals surface area (Å²) in [5.41, 5.74) is 0. The number of nitrogens with one attached hydrogen (secondary N) is 2. The quantitative estimate of drug-likeness (QED) is 0.884. The van der Waals surface area contributed by atoms with Crippen molar-refractivity contribution in [3.63, 3.8) is 0 Å². The van der Waals surface area contributed by atoms with E-state index in [0.717, 1.165) is 19.3 Å². The normalized spacial score (nSPS) is 24.0.